The summed E-state index contributed by atoms with van der Waals surface area (Å²) in [5, 5.41) is 20.1. The van der Waals surface area contributed by atoms with Crippen molar-refractivity contribution in [3.05, 3.63) is 57.6 Å². The van der Waals surface area contributed by atoms with Gasteiger partial charge in [-0.25, -0.2) is 9.59 Å². The molecule has 0 saturated carbocycles. The summed E-state index contributed by atoms with van der Waals surface area (Å²) in [6.45, 7) is 3.23. The van der Waals surface area contributed by atoms with Crippen molar-refractivity contribution in [1.82, 2.24) is 0 Å². The molecule has 0 fully saturated rings. The van der Waals surface area contributed by atoms with Crippen molar-refractivity contribution in [2.24, 2.45) is 0 Å². The van der Waals surface area contributed by atoms with Gasteiger partial charge in [-0.3, -0.25) is 0 Å². The highest BCUT2D eigenvalue weighted by molar-refractivity contribution is 6.00. The molecule has 2 aliphatic rings. The fraction of sp³-hybridized carbons (Fsp3) is 0.294. The lowest BCUT2D eigenvalue weighted by molar-refractivity contribution is -0.136. The molecule has 0 aromatic heterocycles. The molecule has 6 nitrogen and oxygen atoms in total. The van der Waals surface area contributed by atoms with Gasteiger partial charge in [0.05, 0.1) is 17.1 Å². The highest BCUT2D eigenvalue weighted by atomic mass is 16.6. The van der Waals surface area contributed by atoms with Gasteiger partial charge in [0.15, 0.2) is 0 Å². The molecule has 0 saturated heterocycles. The molecule has 2 aliphatic heterocycles. The van der Waals surface area contributed by atoms with Crippen molar-refractivity contribution < 1.29 is 29.3 Å². The predicted octanol–water partition coefficient (Wildman–Crippen LogP) is 2.12. The van der Waals surface area contributed by atoms with Crippen LogP contribution in [0.15, 0.2) is 40.9 Å². The van der Waals surface area contributed by atoms with Gasteiger partial charge in [0, 0.05) is 0 Å². The van der Waals surface area contributed by atoms with E-state index in [0.29, 0.717) is 5.56 Å². The quantitative estimate of drug-likeness (QED) is 0.830. The number of aryl methyl sites for hydroxylation is 2. The lowest BCUT2D eigenvalue weighted by atomic mass is 9.81. The Morgan fingerprint density at radius 1 is 0.957 bits per heavy atom. The van der Waals surface area contributed by atoms with Gasteiger partial charge in [0.25, 0.3) is 0 Å². The third-order valence-electron chi connectivity index (χ3n) is 4.06. The van der Waals surface area contributed by atoms with Crippen LogP contribution in [0, 0.1) is 13.8 Å². The Bertz CT molecular complexity index is 731. The number of esters is 2. The molecule has 0 amide bonds. The van der Waals surface area contributed by atoms with E-state index in [1.54, 1.807) is 0 Å². The second kappa shape index (κ2) is 5.46. The highest BCUT2D eigenvalue weighted by Gasteiger charge is 2.42. The maximum Gasteiger partial charge on any atom is 0.338 e. The van der Waals surface area contributed by atoms with Gasteiger partial charge in [0.2, 0.25) is 0 Å². The number of aliphatic hydroxyl groups is 2. The Hall–Kier alpha value is -2.76. The van der Waals surface area contributed by atoms with Gasteiger partial charge >= 0.3 is 11.9 Å². The van der Waals surface area contributed by atoms with Crippen LogP contribution >= 0.6 is 0 Å². The minimum atomic E-state index is -0.917. The molecule has 0 radical (unpaired) electrons. The van der Waals surface area contributed by atoms with Crippen molar-refractivity contribution in [2.75, 3.05) is 13.2 Å². The molecule has 2 heterocycles. The van der Waals surface area contributed by atoms with Gasteiger partial charge in [-0.1, -0.05) is 23.8 Å². The zero-order valence-corrected chi connectivity index (χ0v) is 12.8. The van der Waals surface area contributed by atoms with Crippen LogP contribution in [0.25, 0.3) is 0 Å². The lowest BCUT2D eigenvalue weighted by Gasteiger charge is -2.20. The van der Waals surface area contributed by atoms with Crippen LogP contribution in [0.1, 0.15) is 22.6 Å². The first kappa shape index (κ1) is 15.1. The second-order valence-corrected chi connectivity index (χ2v) is 5.67. The summed E-state index contributed by atoms with van der Waals surface area (Å²) >= 11 is 0. The van der Waals surface area contributed by atoms with E-state index < -0.39 is 17.9 Å². The fourth-order valence-corrected chi connectivity index (χ4v) is 2.91. The molecular weight excluding hydrogens is 300 g/mol. The minimum absolute atomic E-state index is 0.0286. The number of hydrogen-bond donors (Lipinski definition) is 2. The minimum Gasteiger partial charge on any atom is -0.508 e. The van der Waals surface area contributed by atoms with Gasteiger partial charge in [0.1, 0.15) is 24.7 Å². The van der Waals surface area contributed by atoms with Crippen molar-refractivity contribution in [2.45, 2.75) is 19.8 Å². The molecule has 1 aromatic rings. The van der Waals surface area contributed by atoms with E-state index in [9.17, 15) is 19.8 Å². The molecular formula is C17H16O6. The van der Waals surface area contributed by atoms with Crippen LogP contribution in [0.2, 0.25) is 0 Å². The zero-order chi connectivity index (χ0) is 16.7. The standard InChI is InChI=1S/C17H16O6/c1-8-3-4-9(2)10(5-8)13(14-11(18)6-22-16(14)20)15-12(19)7-23-17(15)21/h3-5,13,18-19H,6-7H2,1-2H3. The van der Waals surface area contributed by atoms with E-state index in [0.717, 1.165) is 11.1 Å². The molecule has 0 spiro atoms. The number of cyclic esters (lactones) is 2. The smallest absolute Gasteiger partial charge is 0.338 e. The Kier molecular flexibility index (Phi) is 3.60. The first-order chi connectivity index (χ1) is 10.9. The summed E-state index contributed by atoms with van der Waals surface area (Å²) in [5.74, 6) is -2.79. The average molecular weight is 316 g/mol. The second-order valence-electron chi connectivity index (χ2n) is 5.67. The summed E-state index contributed by atoms with van der Waals surface area (Å²) in [5.41, 5.74) is 2.33. The molecule has 0 aliphatic carbocycles. The van der Waals surface area contributed by atoms with E-state index >= 15 is 0 Å². The topological polar surface area (TPSA) is 93.1 Å². The summed E-state index contributed by atoms with van der Waals surface area (Å²) in [4.78, 5) is 24.1. The lowest BCUT2D eigenvalue weighted by Crippen LogP contribution is -2.18. The van der Waals surface area contributed by atoms with Crippen molar-refractivity contribution in [1.29, 1.82) is 0 Å². The molecule has 0 atom stereocenters. The van der Waals surface area contributed by atoms with Gasteiger partial charge in [-0.05, 0) is 25.0 Å². The molecule has 0 unspecified atom stereocenters. The number of hydrogen-bond acceptors (Lipinski definition) is 6. The number of carbonyl (C=O) groups is 2. The Morgan fingerprint density at radius 3 is 1.91 bits per heavy atom. The third kappa shape index (κ3) is 2.46. The predicted molar refractivity (Wildman–Crippen MR) is 79.9 cm³/mol. The van der Waals surface area contributed by atoms with E-state index in [2.05, 4.69) is 0 Å². The molecule has 120 valence electrons. The fourth-order valence-electron chi connectivity index (χ4n) is 2.91. The first-order valence-corrected chi connectivity index (χ1v) is 7.15. The van der Waals surface area contributed by atoms with Crippen molar-refractivity contribution in [3.8, 4) is 0 Å². The molecule has 3 rings (SSSR count). The van der Waals surface area contributed by atoms with Crippen molar-refractivity contribution in [3.63, 3.8) is 0 Å². The van der Waals surface area contributed by atoms with Gasteiger partial charge < -0.3 is 19.7 Å². The zero-order valence-electron chi connectivity index (χ0n) is 12.8. The monoisotopic (exact) mass is 316 g/mol. The van der Waals surface area contributed by atoms with Crippen LogP contribution in [-0.2, 0) is 19.1 Å². The van der Waals surface area contributed by atoms with Crippen LogP contribution in [0.3, 0.4) is 0 Å². The van der Waals surface area contributed by atoms with Gasteiger partial charge in [-0.2, -0.15) is 0 Å². The van der Waals surface area contributed by atoms with Gasteiger partial charge in [-0.15, -0.1) is 0 Å². The Labute approximate surface area is 132 Å². The maximum atomic E-state index is 12.1. The van der Waals surface area contributed by atoms with E-state index in [1.165, 1.54) is 0 Å². The van der Waals surface area contributed by atoms with Crippen LogP contribution in [-0.4, -0.2) is 35.4 Å². The Morgan fingerprint density at radius 2 is 1.48 bits per heavy atom. The number of ether oxygens (including phenoxy) is 2. The molecule has 1 aromatic carbocycles. The Balaban J connectivity index is 2.25. The van der Waals surface area contributed by atoms with Crippen molar-refractivity contribution >= 4 is 11.9 Å². The third-order valence-corrected chi connectivity index (χ3v) is 4.06. The van der Waals surface area contributed by atoms with E-state index in [-0.39, 0.29) is 35.9 Å². The SMILES string of the molecule is Cc1ccc(C)c(C(C2=C(O)COC2=O)C2=C(O)COC2=O)c1. The summed E-state index contributed by atoms with van der Waals surface area (Å²) in [6, 6.07) is 5.57. The number of benzene rings is 1. The summed E-state index contributed by atoms with van der Waals surface area (Å²) < 4.78 is 9.72. The van der Waals surface area contributed by atoms with Crippen LogP contribution in [0.4, 0.5) is 0 Å². The number of aliphatic hydroxyl groups excluding tert-OH is 2. The molecule has 0 bridgehead atoms. The molecule has 2 N–H and O–H groups in total. The summed E-state index contributed by atoms with van der Waals surface area (Å²) in [6.07, 6.45) is 0. The van der Waals surface area contributed by atoms with E-state index in [4.69, 9.17) is 9.47 Å². The average Bonchev–Trinajstić information content (AvgIpc) is 3.00. The van der Waals surface area contributed by atoms with Crippen LogP contribution in [0.5, 0.6) is 0 Å². The largest absolute Gasteiger partial charge is 0.508 e. The molecule has 6 heteroatoms. The van der Waals surface area contributed by atoms with E-state index in [1.807, 2.05) is 32.0 Å². The number of rotatable bonds is 3. The normalized spacial score (nSPS) is 18.0. The number of carbonyl (C=O) groups excluding carboxylic acids is 2. The first-order valence-electron chi connectivity index (χ1n) is 7.15. The molecule has 23 heavy (non-hydrogen) atoms. The summed E-state index contributed by atoms with van der Waals surface area (Å²) in [7, 11) is 0. The van der Waals surface area contributed by atoms with Crippen LogP contribution < -0.4 is 0 Å². The highest BCUT2D eigenvalue weighted by Crippen LogP contribution is 2.41. The maximum absolute atomic E-state index is 12.1.